The normalized spacial score (nSPS) is 10.8. The van der Waals surface area contributed by atoms with E-state index < -0.39 is 0 Å². The van der Waals surface area contributed by atoms with Crippen LogP contribution >= 0.6 is 24.0 Å². The average molecular weight is 429 g/mol. The molecule has 0 radical (unpaired) electrons. The molecule has 0 amide bonds. The summed E-state index contributed by atoms with van der Waals surface area (Å²) in [5.74, 6) is 1.66. The summed E-state index contributed by atoms with van der Waals surface area (Å²) in [5, 5.41) is 10.7. The number of benzene rings is 1. The Morgan fingerprint density at radius 2 is 1.96 bits per heavy atom. The molecule has 126 valence electrons. The fourth-order valence-electron chi connectivity index (χ4n) is 1.99. The molecule has 0 fully saturated rings. The highest BCUT2D eigenvalue weighted by Crippen LogP contribution is 2.10. The number of aryl methyl sites for hydroxylation is 1. The molecule has 0 aliphatic rings. The van der Waals surface area contributed by atoms with Gasteiger partial charge in [0.15, 0.2) is 5.96 Å². The second-order valence-electron chi connectivity index (χ2n) is 4.92. The SMILES string of the molecule is CCNC(=NCc1cnn(C)c1)NCc1ccc(OC)cc1.I. The van der Waals surface area contributed by atoms with E-state index in [1.807, 2.05) is 43.7 Å². The van der Waals surface area contributed by atoms with Gasteiger partial charge in [-0.25, -0.2) is 4.99 Å². The number of nitrogens with one attached hydrogen (secondary N) is 2. The van der Waals surface area contributed by atoms with Crippen LogP contribution in [0.5, 0.6) is 5.75 Å². The van der Waals surface area contributed by atoms with E-state index in [-0.39, 0.29) is 24.0 Å². The minimum Gasteiger partial charge on any atom is -0.497 e. The summed E-state index contributed by atoms with van der Waals surface area (Å²) in [4.78, 5) is 4.56. The summed E-state index contributed by atoms with van der Waals surface area (Å²) in [5.41, 5.74) is 2.26. The number of methoxy groups -OCH3 is 1. The number of hydrogen-bond acceptors (Lipinski definition) is 3. The molecular formula is C16H24IN5O. The first kappa shape index (κ1) is 19.3. The Bertz CT molecular complexity index is 609. The number of aromatic nitrogens is 2. The Morgan fingerprint density at radius 3 is 2.52 bits per heavy atom. The molecule has 2 rings (SSSR count). The maximum atomic E-state index is 5.16. The molecule has 1 aromatic heterocycles. The van der Waals surface area contributed by atoms with Crippen LogP contribution in [0.15, 0.2) is 41.7 Å². The van der Waals surface area contributed by atoms with Crippen molar-refractivity contribution >= 4 is 29.9 Å². The zero-order valence-electron chi connectivity index (χ0n) is 13.7. The number of nitrogens with zero attached hydrogens (tertiary/aromatic N) is 3. The van der Waals surface area contributed by atoms with Crippen molar-refractivity contribution in [3.8, 4) is 5.75 Å². The topological polar surface area (TPSA) is 63.5 Å². The van der Waals surface area contributed by atoms with Gasteiger partial charge < -0.3 is 15.4 Å². The third-order valence-electron chi connectivity index (χ3n) is 3.14. The molecule has 0 spiro atoms. The van der Waals surface area contributed by atoms with Gasteiger partial charge in [0.25, 0.3) is 0 Å². The Morgan fingerprint density at radius 1 is 1.22 bits per heavy atom. The predicted molar refractivity (Wildman–Crippen MR) is 103 cm³/mol. The van der Waals surface area contributed by atoms with Gasteiger partial charge in [-0.3, -0.25) is 4.68 Å². The predicted octanol–water partition coefficient (Wildman–Crippen LogP) is 2.30. The van der Waals surface area contributed by atoms with Crippen LogP contribution in [0.3, 0.4) is 0 Å². The molecule has 2 N–H and O–H groups in total. The van der Waals surface area contributed by atoms with Gasteiger partial charge in [0.05, 0.1) is 19.9 Å². The zero-order valence-corrected chi connectivity index (χ0v) is 16.1. The van der Waals surface area contributed by atoms with Crippen LogP contribution in [-0.4, -0.2) is 29.4 Å². The van der Waals surface area contributed by atoms with Crippen molar-refractivity contribution in [2.45, 2.75) is 20.0 Å². The first-order valence-corrected chi connectivity index (χ1v) is 7.34. The number of rotatable bonds is 6. The van der Waals surface area contributed by atoms with Gasteiger partial charge >= 0.3 is 0 Å². The van der Waals surface area contributed by atoms with Gasteiger partial charge in [-0.2, -0.15) is 5.10 Å². The monoisotopic (exact) mass is 429 g/mol. The smallest absolute Gasteiger partial charge is 0.191 e. The van der Waals surface area contributed by atoms with E-state index in [9.17, 15) is 0 Å². The molecule has 0 unspecified atom stereocenters. The second-order valence-corrected chi connectivity index (χ2v) is 4.92. The van der Waals surface area contributed by atoms with Crippen molar-refractivity contribution in [3.05, 3.63) is 47.8 Å². The largest absolute Gasteiger partial charge is 0.497 e. The number of aliphatic imine (C=N–C) groups is 1. The molecule has 1 heterocycles. The lowest BCUT2D eigenvalue weighted by Gasteiger charge is -2.11. The molecule has 0 aliphatic heterocycles. The van der Waals surface area contributed by atoms with Gasteiger partial charge in [-0.1, -0.05) is 12.1 Å². The summed E-state index contributed by atoms with van der Waals surface area (Å²) in [6.45, 7) is 4.19. The van der Waals surface area contributed by atoms with Crippen molar-refractivity contribution in [1.82, 2.24) is 20.4 Å². The third-order valence-corrected chi connectivity index (χ3v) is 3.14. The fourth-order valence-corrected chi connectivity index (χ4v) is 1.99. The molecule has 23 heavy (non-hydrogen) atoms. The van der Waals surface area contributed by atoms with Gasteiger partial charge in [0.1, 0.15) is 5.75 Å². The van der Waals surface area contributed by atoms with E-state index in [1.54, 1.807) is 11.8 Å². The lowest BCUT2D eigenvalue weighted by Crippen LogP contribution is -2.36. The Kier molecular flexibility index (Phi) is 8.46. The maximum Gasteiger partial charge on any atom is 0.191 e. The highest BCUT2D eigenvalue weighted by atomic mass is 127. The third kappa shape index (κ3) is 6.47. The fraction of sp³-hybridized carbons (Fsp3) is 0.375. The van der Waals surface area contributed by atoms with Gasteiger partial charge in [0, 0.05) is 31.9 Å². The summed E-state index contributed by atoms with van der Waals surface area (Å²) in [7, 11) is 3.57. The lowest BCUT2D eigenvalue weighted by molar-refractivity contribution is 0.414. The van der Waals surface area contributed by atoms with Crippen LogP contribution in [0.2, 0.25) is 0 Å². The molecule has 0 saturated carbocycles. The van der Waals surface area contributed by atoms with Crippen molar-refractivity contribution in [2.24, 2.45) is 12.0 Å². The van der Waals surface area contributed by atoms with Crippen LogP contribution in [0, 0.1) is 0 Å². The molecule has 1 aromatic carbocycles. The minimum atomic E-state index is 0. The van der Waals surface area contributed by atoms with E-state index in [2.05, 4.69) is 27.6 Å². The molecule has 7 heteroatoms. The minimum absolute atomic E-state index is 0. The number of halogens is 1. The average Bonchev–Trinajstić information content (AvgIpc) is 2.96. The maximum absolute atomic E-state index is 5.16. The van der Waals surface area contributed by atoms with Crippen LogP contribution in [0.1, 0.15) is 18.1 Å². The zero-order chi connectivity index (χ0) is 15.8. The molecule has 6 nitrogen and oxygen atoms in total. The standard InChI is InChI=1S/C16H23N5O.HI/c1-4-17-16(19-10-14-11-20-21(2)12-14)18-9-13-5-7-15(22-3)8-6-13;/h5-8,11-12H,4,9-10H2,1-3H3,(H2,17,18,19);1H. The lowest BCUT2D eigenvalue weighted by atomic mass is 10.2. The van der Waals surface area contributed by atoms with Crippen LogP contribution in [0.4, 0.5) is 0 Å². The molecule has 0 atom stereocenters. The highest BCUT2D eigenvalue weighted by molar-refractivity contribution is 14.0. The van der Waals surface area contributed by atoms with Crippen LogP contribution < -0.4 is 15.4 Å². The molecule has 0 aliphatic carbocycles. The Balaban J connectivity index is 0.00000264. The second kappa shape index (κ2) is 10.1. The quantitative estimate of drug-likeness (QED) is 0.420. The van der Waals surface area contributed by atoms with Gasteiger partial charge in [0.2, 0.25) is 0 Å². The van der Waals surface area contributed by atoms with E-state index in [1.165, 1.54) is 5.56 Å². The number of ether oxygens (including phenoxy) is 1. The highest BCUT2D eigenvalue weighted by Gasteiger charge is 2.00. The van der Waals surface area contributed by atoms with E-state index in [0.717, 1.165) is 23.8 Å². The molecule has 0 saturated heterocycles. The van der Waals surface area contributed by atoms with Crippen molar-refractivity contribution in [1.29, 1.82) is 0 Å². The summed E-state index contributed by atoms with van der Waals surface area (Å²) >= 11 is 0. The molecule has 2 aromatic rings. The summed E-state index contributed by atoms with van der Waals surface area (Å²) in [6.07, 6.45) is 3.80. The van der Waals surface area contributed by atoms with E-state index in [0.29, 0.717) is 13.1 Å². The van der Waals surface area contributed by atoms with E-state index >= 15 is 0 Å². The summed E-state index contributed by atoms with van der Waals surface area (Å²) < 4.78 is 6.94. The number of hydrogen-bond donors (Lipinski definition) is 2. The first-order valence-electron chi connectivity index (χ1n) is 7.34. The Hall–Kier alpha value is -1.77. The van der Waals surface area contributed by atoms with Gasteiger partial charge in [-0.05, 0) is 24.6 Å². The van der Waals surface area contributed by atoms with Crippen molar-refractivity contribution in [2.75, 3.05) is 13.7 Å². The molecule has 0 bridgehead atoms. The van der Waals surface area contributed by atoms with E-state index in [4.69, 9.17) is 4.74 Å². The number of guanidine groups is 1. The Labute approximate surface area is 154 Å². The summed E-state index contributed by atoms with van der Waals surface area (Å²) in [6, 6.07) is 7.99. The van der Waals surface area contributed by atoms with Gasteiger partial charge in [-0.15, -0.1) is 24.0 Å². The van der Waals surface area contributed by atoms with Crippen LogP contribution in [-0.2, 0) is 20.1 Å². The van der Waals surface area contributed by atoms with Crippen molar-refractivity contribution < 1.29 is 4.74 Å². The van der Waals surface area contributed by atoms with Crippen LogP contribution in [0.25, 0.3) is 0 Å². The molecular weight excluding hydrogens is 405 g/mol. The van der Waals surface area contributed by atoms with Crippen molar-refractivity contribution in [3.63, 3.8) is 0 Å². The first-order chi connectivity index (χ1) is 10.7.